The van der Waals surface area contributed by atoms with Gasteiger partial charge in [0.25, 0.3) is 0 Å². The van der Waals surface area contributed by atoms with Gasteiger partial charge in [0, 0.05) is 23.4 Å². The lowest BCUT2D eigenvalue weighted by molar-refractivity contribution is -0.139. The number of aryl methyl sites for hydroxylation is 1. The number of hydrogen-bond acceptors (Lipinski definition) is 3. The van der Waals surface area contributed by atoms with E-state index in [4.69, 9.17) is 11.6 Å². The molecule has 0 aromatic heterocycles. The Morgan fingerprint density at radius 3 is 2.47 bits per heavy atom. The van der Waals surface area contributed by atoms with Crippen molar-refractivity contribution in [1.82, 2.24) is 10.2 Å². The van der Waals surface area contributed by atoms with E-state index in [1.807, 2.05) is 43.3 Å². The van der Waals surface area contributed by atoms with E-state index in [2.05, 4.69) is 24.4 Å². The van der Waals surface area contributed by atoms with Gasteiger partial charge in [-0.05, 0) is 55.0 Å². The van der Waals surface area contributed by atoms with Crippen LogP contribution in [-0.4, -0.2) is 34.6 Å². The molecule has 1 aliphatic rings. The van der Waals surface area contributed by atoms with E-state index in [-0.39, 0.29) is 17.9 Å². The normalized spacial score (nSPS) is 14.8. The quantitative estimate of drug-likeness (QED) is 0.479. The van der Waals surface area contributed by atoms with Gasteiger partial charge in [-0.2, -0.15) is 0 Å². The second kappa shape index (κ2) is 12.3. The van der Waals surface area contributed by atoms with E-state index in [1.54, 1.807) is 16.7 Å². The van der Waals surface area contributed by atoms with Crippen molar-refractivity contribution in [2.45, 2.75) is 70.3 Å². The largest absolute Gasteiger partial charge is 0.352 e. The fraction of sp³-hybridized carbons (Fsp3) is 0.462. The first-order valence-corrected chi connectivity index (χ1v) is 13.0. The molecule has 0 heterocycles. The standard InChI is InChI=1S/C26H33ClN2O2S/c1-3-24(26(31)28-23-10-6-7-11-23)29(16-20-12-14-22(27)15-13-20)25(30)18-32-17-21-9-5-4-8-19(21)2/h4-5,8-9,12-15,23-24H,3,6-7,10-11,16-18H2,1-2H3,(H,28,31). The highest BCUT2D eigenvalue weighted by Crippen LogP contribution is 2.21. The molecular formula is C26H33ClN2O2S. The molecule has 1 N–H and O–H groups in total. The second-order valence-electron chi connectivity index (χ2n) is 8.48. The van der Waals surface area contributed by atoms with E-state index >= 15 is 0 Å². The van der Waals surface area contributed by atoms with Gasteiger partial charge in [-0.1, -0.05) is 67.8 Å². The number of halogens is 1. The smallest absolute Gasteiger partial charge is 0.243 e. The van der Waals surface area contributed by atoms with E-state index < -0.39 is 6.04 Å². The summed E-state index contributed by atoms with van der Waals surface area (Å²) in [5.74, 6) is 1.07. The average molecular weight is 473 g/mol. The Balaban J connectivity index is 1.70. The van der Waals surface area contributed by atoms with Crippen LogP contribution in [0.1, 0.15) is 55.7 Å². The van der Waals surface area contributed by atoms with Gasteiger partial charge in [0.1, 0.15) is 6.04 Å². The zero-order valence-corrected chi connectivity index (χ0v) is 20.6. The lowest BCUT2D eigenvalue weighted by atomic mass is 10.1. The molecule has 1 fully saturated rings. The summed E-state index contributed by atoms with van der Waals surface area (Å²) in [4.78, 5) is 28.2. The topological polar surface area (TPSA) is 49.4 Å². The summed E-state index contributed by atoms with van der Waals surface area (Å²) in [5, 5.41) is 3.85. The maximum atomic E-state index is 13.3. The number of rotatable bonds is 10. The van der Waals surface area contributed by atoms with Gasteiger partial charge in [-0.3, -0.25) is 9.59 Å². The summed E-state index contributed by atoms with van der Waals surface area (Å²) in [7, 11) is 0. The van der Waals surface area contributed by atoms with Crippen LogP contribution in [0, 0.1) is 6.92 Å². The van der Waals surface area contributed by atoms with Crippen molar-refractivity contribution in [1.29, 1.82) is 0 Å². The van der Waals surface area contributed by atoms with Gasteiger partial charge in [0.15, 0.2) is 0 Å². The second-order valence-corrected chi connectivity index (χ2v) is 9.90. The van der Waals surface area contributed by atoms with Gasteiger partial charge in [0.05, 0.1) is 5.75 Å². The van der Waals surface area contributed by atoms with Gasteiger partial charge < -0.3 is 10.2 Å². The van der Waals surface area contributed by atoms with E-state index in [1.165, 1.54) is 11.1 Å². The molecule has 0 saturated heterocycles. The van der Waals surface area contributed by atoms with Crippen LogP contribution in [0.3, 0.4) is 0 Å². The third-order valence-electron chi connectivity index (χ3n) is 6.10. The monoisotopic (exact) mass is 472 g/mol. The first-order chi connectivity index (χ1) is 15.5. The number of nitrogens with zero attached hydrogens (tertiary/aromatic N) is 1. The molecule has 172 valence electrons. The SMILES string of the molecule is CCC(C(=O)NC1CCCC1)N(Cc1ccc(Cl)cc1)C(=O)CSCc1ccccc1C. The fourth-order valence-corrected chi connectivity index (χ4v) is 5.29. The highest BCUT2D eigenvalue weighted by molar-refractivity contribution is 7.99. The molecule has 1 unspecified atom stereocenters. The molecule has 6 heteroatoms. The van der Waals surface area contributed by atoms with Crippen molar-refractivity contribution in [3.63, 3.8) is 0 Å². The Morgan fingerprint density at radius 2 is 1.81 bits per heavy atom. The van der Waals surface area contributed by atoms with Crippen LogP contribution < -0.4 is 5.32 Å². The number of carbonyl (C=O) groups excluding carboxylic acids is 2. The van der Waals surface area contributed by atoms with E-state index in [9.17, 15) is 9.59 Å². The molecule has 0 bridgehead atoms. The first kappa shape index (κ1) is 24.7. The molecule has 2 aromatic rings. The minimum Gasteiger partial charge on any atom is -0.352 e. The van der Waals surface area contributed by atoms with Crippen LogP contribution in [-0.2, 0) is 21.9 Å². The molecule has 1 saturated carbocycles. The van der Waals surface area contributed by atoms with Gasteiger partial charge in [-0.15, -0.1) is 11.8 Å². The van der Waals surface area contributed by atoms with Crippen molar-refractivity contribution in [3.8, 4) is 0 Å². The van der Waals surface area contributed by atoms with Crippen molar-refractivity contribution in [2.24, 2.45) is 0 Å². The van der Waals surface area contributed by atoms with E-state index in [0.29, 0.717) is 23.7 Å². The maximum Gasteiger partial charge on any atom is 0.243 e. The predicted octanol–water partition coefficient (Wildman–Crippen LogP) is 5.75. The molecule has 3 rings (SSSR count). The summed E-state index contributed by atoms with van der Waals surface area (Å²) in [5.41, 5.74) is 3.44. The Labute approximate surface area is 201 Å². The first-order valence-electron chi connectivity index (χ1n) is 11.4. The molecule has 2 aromatic carbocycles. The highest BCUT2D eigenvalue weighted by atomic mass is 35.5. The highest BCUT2D eigenvalue weighted by Gasteiger charge is 2.30. The zero-order valence-electron chi connectivity index (χ0n) is 19.0. The molecular weight excluding hydrogens is 440 g/mol. The summed E-state index contributed by atoms with van der Waals surface area (Å²) in [6.45, 7) is 4.46. The van der Waals surface area contributed by atoms with Gasteiger partial charge in [0.2, 0.25) is 11.8 Å². The van der Waals surface area contributed by atoms with E-state index in [0.717, 1.165) is 37.0 Å². The summed E-state index contributed by atoms with van der Waals surface area (Å²) < 4.78 is 0. The van der Waals surface area contributed by atoms with Gasteiger partial charge in [-0.25, -0.2) is 0 Å². The van der Waals surface area contributed by atoms with Gasteiger partial charge >= 0.3 is 0 Å². The summed E-state index contributed by atoms with van der Waals surface area (Å²) >= 11 is 7.64. The number of hydrogen-bond donors (Lipinski definition) is 1. The third-order valence-corrected chi connectivity index (χ3v) is 7.32. The molecule has 32 heavy (non-hydrogen) atoms. The van der Waals surface area contributed by atoms with Crippen molar-refractivity contribution in [2.75, 3.05) is 5.75 Å². The van der Waals surface area contributed by atoms with Crippen LogP contribution >= 0.6 is 23.4 Å². The molecule has 1 aliphatic carbocycles. The molecule has 2 amide bonds. The van der Waals surface area contributed by atoms with Crippen LogP contribution in [0.2, 0.25) is 5.02 Å². The van der Waals surface area contributed by atoms with Crippen molar-refractivity contribution >= 4 is 35.2 Å². The average Bonchev–Trinajstić information content (AvgIpc) is 3.29. The van der Waals surface area contributed by atoms with Crippen LogP contribution in [0.5, 0.6) is 0 Å². The molecule has 0 radical (unpaired) electrons. The molecule has 4 nitrogen and oxygen atoms in total. The Bertz CT molecular complexity index is 897. The van der Waals surface area contributed by atoms with Crippen molar-refractivity contribution < 1.29 is 9.59 Å². The number of benzene rings is 2. The number of thioether (sulfide) groups is 1. The lowest BCUT2D eigenvalue weighted by Gasteiger charge is -2.31. The van der Waals surface area contributed by atoms with Crippen LogP contribution in [0.25, 0.3) is 0 Å². The molecule has 0 aliphatic heterocycles. The third kappa shape index (κ3) is 7.01. The fourth-order valence-electron chi connectivity index (χ4n) is 4.18. The summed E-state index contributed by atoms with van der Waals surface area (Å²) in [6, 6.07) is 15.5. The van der Waals surface area contributed by atoms with Crippen molar-refractivity contribution in [3.05, 3.63) is 70.2 Å². The Morgan fingerprint density at radius 1 is 1.12 bits per heavy atom. The molecule has 1 atom stereocenters. The Kier molecular flexibility index (Phi) is 9.49. The molecule has 0 spiro atoms. The zero-order chi connectivity index (χ0) is 22.9. The lowest BCUT2D eigenvalue weighted by Crippen LogP contribution is -2.51. The van der Waals surface area contributed by atoms with Crippen LogP contribution in [0.15, 0.2) is 48.5 Å². The number of nitrogens with one attached hydrogen (secondary N) is 1. The summed E-state index contributed by atoms with van der Waals surface area (Å²) in [6.07, 6.45) is 4.95. The predicted molar refractivity (Wildman–Crippen MR) is 134 cm³/mol. The number of carbonyl (C=O) groups is 2. The number of amides is 2. The Hall–Kier alpha value is -1.98. The maximum absolute atomic E-state index is 13.3. The minimum absolute atomic E-state index is 0.00745. The minimum atomic E-state index is -0.474. The van der Waals surface area contributed by atoms with Crippen LogP contribution in [0.4, 0.5) is 0 Å².